The van der Waals surface area contributed by atoms with Crippen LogP contribution in [0.2, 0.25) is 0 Å². The molecular weight excluding hydrogens is 371 g/mol. The SMILES string of the molecule is CCOC(=O)c1c2cccccc-2c2c(=O)c(C#N)cn(-c3ccc(F)cc3)c12. The number of pyridine rings is 1. The standard InChI is InChI=1S/C23H15FN2O3/c1-2-29-23(28)20-18-7-5-3-4-6-17(18)19-21(20)26(13-14(12-25)22(19)27)16-10-8-15(24)9-11-16/h3-11,13H,2H2,1H3. The zero-order valence-electron chi connectivity index (χ0n) is 15.5. The zero-order valence-corrected chi connectivity index (χ0v) is 15.5. The van der Waals surface area contributed by atoms with Gasteiger partial charge in [-0.15, -0.1) is 0 Å². The number of carbonyl (C=O) groups excluding carboxylic acids is 1. The molecule has 2 aromatic rings. The van der Waals surface area contributed by atoms with Crippen LogP contribution in [0.25, 0.3) is 27.7 Å². The van der Waals surface area contributed by atoms with Gasteiger partial charge in [-0.25, -0.2) is 9.18 Å². The van der Waals surface area contributed by atoms with Gasteiger partial charge in [-0.3, -0.25) is 4.79 Å². The van der Waals surface area contributed by atoms with Crippen LogP contribution >= 0.6 is 0 Å². The molecule has 0 aliphatic heterocycles. The minimum absolute atomic E-state index is 0.0735. The number of benzene rings is 1. The average Bonchev–Trinajstić information content (AvgIpc) is 2.86. The van der Waals surface area contributed by atoms with Gasteiger partial charge in [-0.1, -0.05) is 30.3 Å². The van der Waals surface area contributed by atoms with Crippen LogP contribution < -0.4 is 5.43 Å². The van der Waals surface area contributed by atoms with E-state index in [9.17, 15) is 19.2 Å². The molecule has 0 amide bonds. The molecule has 0 unspecified atom stereocenters. The Hall–Kier alpha value is -3.98. The molecular formula is C23H15FN2O3. The van der Waals surface area contributed by atoms with Crippen LogP contribution in [0.3, 0.4) is 0 Å². The largest absolute Gasteiger partial charge is 0.462 e. The summed E-state index contributed by atoms with van der Waals surface area (Å²) in [4.78, 5) is 25.9. The molecule has 2 aliphatic carbocycles. The molecule has 29 heavy (non-hydrogen) atoms. The maximum absolute atomic E-state index is 13.5. The van der Waals surface area contributed by atoms with Gasteiger partial charge in [-0.2, -0.15) is 5.26 Å². The van der Waals surface area contributed by atoms with Crippen molar-refractivity contribution in [1.82, 2.24) is 4.57 Å². The van der Waals surface area contributed by atoms with Gasteiger partial charge >= 0.3 is 5.97 Å². The van der Waals surface area contributed by atoms with E-state index in [1.165, 1.54) is 30.5 Å². The summed E-state index contributed by atoms with van der Waals surface area (Å²) in [5, 5.41) is 9.75. The maximum atomic E-state index is 13.5. The first-order valence-corrected chi connectivity index (χ1v) is 9.00. The van der Waals surface area contributed by atoms with Gasteiger partial charge in [0.2, 0.25) is 5.43 Å². The number of fused-ring (bicyclic) bond motifs is 3. The van der Waals surface area contributed by atoms with Gasteiger partial charge in [0.25, 0.3) is 0 Å². The first-order chi connectivity index (χ1) is 14.1. The Morgan fingerprint density at radius 2 is 1.79 bits per heavy atom. The van der Waals surface area contributed by atoms with Crippen LogP contribution in [0.15, 0.2) is 65.6 Å². The third-order valence-corrected chi connectivity index (χ3v) is 4.73. The second kappa shape index (κ2) is 7.21. The van der Waals surface area contributed by atoms with Crippen molar-refractivity contribution in [3.8, 4) is 22.9 Å². The van der Waals surface area contributed by atoms with E-state index in [-0.39, 0.29) is 23.1 Å². The molecule has 142 valence electrons. The molecule has 4 rings (SSSR count). The van der Waals surface area contributed by atoms with E-state index >= 15 is 0 Å². The molecule has 0 bridgehead atoms. The van der Waals surface area contributed by atoms with Crippen LogP contribution in [-0.2, 0) is 4.74 Å². The quantitative estimate of drug-likeness (QED) is 0.493. The molecule has 0 fully saturated rings. The van der Waals surface area contributed by atoms with Crippen molar-refractivity contribution in [2.75, 3.05) is 6.61 Å². The highest BCUT2D eigenvalue weighted by Crippen LogP contribution is 2.38. The number of aromatic nitrogens is 1. The van der Waals surface area contributed by atoms with Crippen LogP contribution in [0.4, 0.5) is 4.39 Å². The van der Waals surface area contributed by atoms with Crippen LogP contribution in [0.5, 0.6) is 0 Å². The third kappa shape index (κ3) is 2.93. The summed E-state index contributed by atoms with van der Waals surface area (Å²) >= 11 is 0. The fraction of sp³-hybridized carbons (Fsp3) is 0.0870. The van der Waals surface area contributed by atoms with Crippen molar-refractivity contribution >= 4 is 16.9 Å². The molecule has 1 aromatic heterocycles. The Balaban J connectivity index is 2.25. The summed E-state index contributed by atoms with van der Waals surface area (Å²) in [6.45, 7) is 1.87. The number of nitriles is 1. The Morgan fingerprint density at radius 3 is 2.45 bits per heavy atom. The smallest absolute Gasteiger partial charge is 0.340 e. The highest BCUT2D eigenvalue weighted by Gasteiger charge is 2.28. The molecule has 0 N–H and O–H groups in total. The highest BCUT2D eigenvalue weighted by atomic mass is 19.1. The van der Waals surface area contributed by atoms with Crippen molar-refractivity contribution < 1.29 is 13.9 Å². The monoisotopic (exact) mass is 386 g/mol. The summed E-state index contributed by atoms with van der Waals surface area (Å²) < 4.78 is 20.3. The van der Waals surface area contributed by atoms with E-state index in [2.05, 4.69) is 0 Å². The fourth-order valence-electron chi connectivity index (χ4n) is 3.52. The minimum Gasteiger partial charge on any atom is -0.462 e. The van der Waals surface area contributed by atoms with E-state index < -0.39 is 17.2 Å². The third-order valence-electron chi connectivity index (χ3n) is 4.73. The highest BCUT2D eigenvalue weighted by molar-refractivity contribution is 6.17. The fourth-order valence-corrected chi connectivity index (χ4v) is 3.52. The number of esters is 1. The van der Waals surface area contributed by atoms with E-state index in [4.69, 9.17) is 4.74 Å². The number of hydrogen-bond acceptors (Lipinski definition) is 4. The predicted octanol–water partition coefficient (Wildman–Crippen LogP) is 4.28. The molecule has 0 radical (unpaired) electrons. The predicted molar refractivity (Wildman–Crippen MR) is 107 cm³/mol. The molecule has 1 aromatic carbocycles. The van der Waals surface area contributed by atoms with Gasteiger partial charge in [0, 0.05) is 11.9 Å². The first-order valence-electron chi connectivity index (χ1n) is 9.00. The molecule has 5 nitrogen and oxygen atoms in total. The summed E-state index contributed by atoms with van der Waals surface area (Å²) in [6, 6.07) is 16.3. The Morgan fingerprint density at radius 1 is 1.10 bits per heavy atom. The molecule has 0 spiro atoms. The second-order valence-electron chi connectivity index (χ2n) is 6.39. The van der Waals surface area contributed by atoms with Crippen molar-refractivity contribution in [3.05, 3.63) is 88.0 Å². The van der Waals surface area contributed by atoms with Gasteiger partial charge in [-0.05, 0) is 42.3 Å². The van der Waals surface area contributed by atoms with E-state index in [0.717, 1.165) is 0 Å². The zero-order chi connectivity index (χ0) is 20.5. The Labute approximate surface area is 165 Å². The molecule has 6 heteroatoms. The number of carbonyl (C=O) groups is 1. The lowest BCUT2D eigenvalue weighted by atomic mass is 10.1. The summed E-state index contributed by atoms with van der Waals surface area (Å²) in [6.07, 6.45) is 1.37. The molecule has 0 saturated carbocycles. The normalized spacial score (nSPS) is 10.8. The lowest BCUT2D eigenvalue weighted by molar-refractivity contribution is 0.0529. The topological polar surface area (TPSA) is 72.1 Å². The Kier molecular flexibility index (Phi) is 4.57. The second-order valence-corrected chi connectivity index (χ2v) is 6.39. The van der Waals surface area contributed by atoms with Crippen molar-refractivity contribution in [1.29, 1.82) is 5.26 Å². The van der Waals surface area contributed by atoms with Crippen molar-refractivity contribution in [3.63, 3.8) is 0 Å². The van der Waals surface area contributed by atoms with Crippen LogP contribution in [0, 0.1) is 17.1 Å². The number of rotatable bonds is 3. The molecule has 2 aliphatic rings. The number of nitrogens with zero attached hydrogens (tertiary/aromatic N) is 2. The van der Waals surface area contributed by atoms with Crippen LogP contribution in [0.1, 0.15) is 22.8 Å². The summed E-state index contributed by atoms with van der Waals surface area (Å²) in [5.41, 5.74) is 1.64. The van der Waals surface area contributed by atoms with E-state index in [1.54, 1.807) is 41.8 Å². The number of hydrogen-bond donors (Lipinski definition) is 0. The number of halogens is 1. The maximum Gasteiger partial charge on any atom is 0.340 e. The molecule has 0 atom stereocenters. The first kappa shape index (κ1) is 18.4. The average molecular weight is 386 g/mol. The number of ether oxygens (including phenoxy) is 1. The van der Waals surface area contributed by atoms with Gasteiger partial charge in [0.15, 0.2) is 0 Å². The van der Waals surface area contributed by atoms with Gasteiger partial charge in [0.1, 0.15) is 17.4 Å². The minimum atomic E-state index is -0.571. The van der Waals surface area contributed by atoms with Gasteiger partial charge in [0.05, 0.1) is 23.1 Å². The van der Waals surface area contributed by atoms with Gasteiger partial charge < -0.3 is 9.30 Å². The van der Waals surface area contributed by atoms with Crippen molar-refractivity contribution in [2.45, 2.75) is 6.92 Å². The van der Waals surface area contributed by atoms with Crippen LogP contribution in [-0.4, -0.2) is 17.1 Å². The van der Waals surface area contributed by atoms with E-state index in [0.29, 0.717) is 22.3 Å². The lowest BCUT2D eigenvalue weighted by Crippen LogP contribution is -2.13. The molecule has 1 heterocycles. The van der Waals surface area contributed by atoms with E-state index in [1.807, 2.05) is 6.07 Å². The van der Waals surface area contributed by atoms with Crippen molar-refractivity contribution in [2.24, 2.45) is 0 Å². The molecule has 0 saturated heterocycles. The Bertz CT molecular complexity index is 1320. The lowest BCUT2D eigenvalue weighted by Gasteiger charge is -2.12. The summed E-state index contributed by atoms with van der Waals surface area (Å²) in [5.74, 6) is -0.990. The summed E-state index contributed by atoms with van der Waals surface area (Å²) in [7, 11) is 0.